The van der Waals surface area contributed by atoms with Crippen LogP contribution in [0, 0.1) is 0 Å². The Morgan fingerprint density at radius 3 is 3.05 bits per heavy atom. The summed E-state index contributed by atoms with van der Waals surface area (Å²) < 4.78 is 8.86. The SMILES string of the molecule is CCn1ncnc1COc1ccc(Br)cc1CNC1CC1. The minimum Gasteiger partial charge on any atom is -0.485 e. The number of hydrogen-bond acceptors (Lipinski definition) is 4. The van der Waals surface area contributed by atoms with Crippen LogP contribution in [0.4, 0.5) is 0 Å². The van der Waals surface area contributed by atoms with Crippen molar-refractivity contribution in [3.8, 4) is 5.75 Å². The van der Waals surface area contributed by atoms with Crippen molar-refractivity contribution in [1.82, 2.24) is 20.1 Å². The van der Waals surface area contributed by atoms with Crippen LogP contribution in [0.15, 0.2) is 29.0 Å². The minimum atomic E-state index is 0.436. The lowest BCUT2D eigenvalue weighted by Gasteiger charge is -2.12. The van der Waals surface area contributed by atoms with E-state index in [1.807, 2.05) is 23.7 Å². The maximum atomic E-state index is 5.95. The summed E-state index contributed by atoms with van der Waals surface area (Å²) >= 11 is 3.52. The molecule has 1 aliphatic rings. The van der Waals surface area contributed by atoms with Gasteiger partial charge in [0.25, 0.3) is 0 Å². The molecular formula is C15H19BrN4O. The molecular weight excluding hydrogens is 332 g/mol. The highest BCUT2D eigenvalue weighted by Gasteiger charge is 2.20. The highest BCUT2D eigenvalue weighted by atomic mass is 79.9. The van der Waals surface area contributed by atoms with E-state index in [0.29, 0.717) is 12.6 Å². The van der Waals surface area contributed by atoms with Crippen molar-refractivity contribution in [1.29, 1.82) is 0 Å². The van der Waals surface area contributed by atoms with Gasteiger partial charge < -0.3 is 10.1 Å². The summed E-state index contributed by atoms with van der Waals surface area (Å²) in [6, 6.07) is 6.79. The number of halogens is 1. The van der Waals surface area contributed by atoms with Gasteiger partial charge in [-0.05, 0) is 38.0 Å². The van der Waals surface area contributed by atoms with Crippen LogP contribution in [0.3, 0.4) is 0 Å². The van der Waals surface area contributed by atoms with Gasteiger partial charge in [-0.1, -0.05) is 15.9 Å². The molecule has 0 saturated heterocycles. The van der Waals surface area contributed by atoms with Gasteiger partial charge in [0.1, 0.15) is 18.7 Å². The molecule has 1 aromatic heterocycles. The van der Waals surface area contributed by atoms with Gasteiger partial charge in [0.05, 0.1) is 0 Å². The lowest BCUT2D eigenvalue weighted by atomic mass is 10.2. The molecule has 3 rings (SSSR count). The summed E-state index contributed by atoms with van der Waals surface area (Å²) in [5, 5.41) is 7.68. The molecule has 1 aromatic carbocycles. The molecule has 1 N–H and O–H groups in total. The predicted octanol–water partition coefficient (Wildman–Crippen LogP) is 2.89. The highest BCUT2D eigenvalue weighted by molar-refractivity contribution is 9.10. The second-order valence-corrected chi connectivity index (χ2v) is 6.10. The third kappa shape index (κ3) is 3.83. The molecule has 1 heterocycles. The van der Waals surface area contributed by atoms with Gasteiger partial charge in [-0.25, -0.2) is 9.67 Å². The van der Waals surface area contributed by atoms with Crippen molar-refractivity contribution in [2.45, 2.75) is 45.5 Å². The summed E-state index contributed by atoms with van der Waals surface area (Å²) in [6.07, 6.45) is 4.13. The van der Waals surface area contributed by atoms with Crippen molar-refractivity contribution in [2.24, 2.45) is 0 Å². The number of aryl methyl sites for hydroxylation is 1. The number of benzene rings is 1. The van der Waals surface area contributed by atoms with Crippen LogP contribution in [0.5, 0.6) is 5.75 Å². The third-order valence-electron chi connectivity index (χ3n) is 3.53. The van der Waals surface area contributed by atoms with Gasteiger partial charge in [0.15, 0.2) is 5.82 Å². The van der Waals surface area contributed by atoms with Crippen molar-refractivity contribution in [3.05, 3.63) is 40.4 Å². The summed E-state index contributed by atoms with van der Waals surface area (Å²) in [4.78, 5) is 4.24. The molecule has 0 aliphatic heterocycles. The maximum absolute atomic E-state index is 5.95. The van der Waals surface area contributed by atoms with E-state index in [9.17, 15) is 0 Å². The number of nitrogens with one attached hydrogen (secondary N) is 1. The van der Waals surface area contributed by atoms with Gasteiger partial charge in [-0.2, -0.15) is 5.10 Å². The molecule has 1 saturated carbocycles. The minimum absolute atomic E-state index is 0.436. The second-order valence-electron chi connectivity index (χ2n) is 5.19. The highest BCUT2D eigenvalue weighted by Crippen LogP contribution is 2.26. The number of hydrogen-bond donors (Lipinski definition) is 1. The van der Waals surface area contributed by atoms with Gasteiger partial charge in [0.2, 0.25) is 0 Å². The molecule has 2 aromatic rings. The molecule has 0 unspecified atom stereocenters. The average molecular weight is 351 g/mol. The molecule has 5 nitrogen and oxygen atoms in total. The van der Waals surface area contributed by atoms with Gasteiger partial charge in [0, 0.05) is 29.2 Å². The van der Waals surface area contributed by atoms with Gasteiger partial charge >= 0.3 is 0 Å². The number of nitrogens with zero attached hydrogens (tertiary/aromatic N) is 3. The topological polar surface area (TPSA) is 52.0 Å². The largest absolute Gasteiger partial charge is 0.485 e. The number of ether oxygens (including phenoxy) is 1. The summed E-state index contributed by atoms with van der Waals surface area (Å²) in [6.45, 7) is 4.11. The molecule has 0 atom stereocenters. The van der Waals surface area contributed by atoms with Crippen LogP contribution >= 0.6 is 15.9 Å². The molecule has 6 heteroatoms. The quantitative estimate of drug-likeness (QED) is 0.834. The van der Waals surface area contributed by atoms with Crippen molar-refractivity contribution < 1.29 is 4.74 Å². The van der Waals surface area contributed by atoms with E-state index >= 15 is 0 Å². The maximum Gasteiger partial charge on any atom is 0.164 e. The lowest BCUT2D eigenvalue weighted by Crippen LogP contribution is -2.16. The number of rotatable bonds is 7. The Kier molecular flexibility index (Phi) is 4.55. The van der Waals surface area contributed by atoms with E-state index in [1.54, 1.807) is 6.33 Å². The van der Waals surface area contributed by atoms with Crippen LogP contribution < -0.4 is 10.1 Å². The van der Waals surface area contributed by atoms with E-state index in [4.69, 9.17) is 4.74 Å². The first-order chi connectivity index (χ1) is 10.3. The molecule has 0 amide bonds. The van der Waals surface area contributed by atoms with E-state index in [0.717, 1.165) is 29.1 Å². The average Bonchev–Trinajstić information content (AvgIpc) is 3.21. The van der Waals surface area contributed by atoms with Crippen LogP contribution in [-0.2, 0) is 19.7 Å². The Labute approximate surface area is 132 Å². The molecule has 112 valence electrons. The fraction of sp³-hybridized carbons (Fsp3) is 0.467. The molecule has 21 heavy (non-hydrogen) atoms. The summed E-state index contributed by atoms with van der Waals surface area (Å²) in [5.74, 6) is 1.75. The zero-order chi connectivity index (χ0) is 14.7. The smallest absolute Gasteiger partial charge is 0.164 e. The first-order valence-electron chi connectivity index (χ1n) is 7.27. The van der Waals surface area contributed by atoms with Crippen LogP contribution in [0.1, 0.15) is 31.2 Å². The second kappa shape index (κ2) is 6.58. The van der Waals surface area contributed by atoms with Gasteiger partial charge in [-0.15, -0.1) is 0 Å². The van der Waals surface area contributed by atoms with Crippen molar-refractivity contribution in [2.75, 3.05) is 0 Å². The normalized spacial score (nSPS) is 14.4. The van der Waals surface area contributed by atoms with Crippen LogP contribution in [0.25, 0.3) is 0 Å². The van der Waals surface area contributed by atoms with Crippen molar-refractivity contribution in [3.63, 3.8) is 0 Å². The van der Waals surface area contributed by atoms with Crippen LogP contribution in [0.2, 0.25) is 0 Å². The monoisotopic (exact) mass is 350 g/mol. The number of aromatic nitrogens is 3. The lowest BCUT2D eigenvalue weighted by molar-refractivity contribution is 0.283. The zero-order valence-electron chi connectivity index (χ0n) is 12.1. The standard InChI is InChI=1S/C15H19BrN4O/c1-2-20-15(18-10-19-20)9-21-14-6-3-12(16)7-11(14)8-17-13-4-5-13/h3,6-7,10,13,17H,2,4-5,8-9H2,1H3. The first-order valence-corrected chi connectivity index (χ1v) is 8.07. The Morgan fingerprint density at radius 2 is 2.29 bits per heavy atom. The van der Waals surface area contributed by atoms with Crippen molar-refractivity contribution >= 4 is 15.9 Å². The molecule has 0 bridgehead atoms. The Hall–Kier alpha value is -1.40. The summed E-state index contributed by atoms with van der Waals surface area (Å²) in [5.41, 5.74) is 1.17. The molecule has 1 aliphatic carbocycles. The Morgan fingerprint density at radius 1 is 1.43 bits per heavy atom. The molecule has 0 spiro atoms. The van der Waals surface area contributed by atoms with E-state index in [-0.39, 0.29) is 0 Å². The fourth-order valence-electron chi connectivity index (χ4n) is 2.18. The van der Waals surface area contributed by atoms with Gasteiger partial charge in [-0.3, -0.25) is 0 Å². The van der Waals surface area contributed by atoms with E-state index in [2.05, 4.69) is 37.4 Å². The molecule has 1 fully saturated rings. The van der Waals surface area contributed by atoms with Crippen LogP contribution in [-0.4, -0.2) is 20.8 Å². The Bertz CT molecular complexity index is 609. The zero-order valence-corrected chi connectivity index (χ0v) is 13.6. The third-order valence-corrected chi connectivity index (χ3v) is 4.03. The first kappa shape index (κ1) is 14.5. The Balaban J connectivity index is 1.68. The van der Waals surface area contributed by atoms with E-state index in [1.165, 1.54) is 18.4 Å². The summed E-state index contributed by atoms with van der Waals surface area (Å²) in [7, 11) is 0. The fourth-order valence-corrected chi connectivity index (χ4v) is 2.58. The molecule has 0 radical (unpaired) electrons. The van der Waals surface area contributed by atoms with E-state index < -0.39 is 0 Å². The predicted molar refractivity (Wildman–Crippen MR) is 84.0 cm³/mol.